The molecule has 0 heterocycles. The van der Waals surface area contributed by atoms with Crippen molar-refractivity contribution in [3.63, 3.8) is 0 Å². The van der Waals surface area contributed by atoms with Crippen molar-refractivity contribution in [3.8, 4) is 0 Å². The highest BCUT2D eigenvalue weighted by molar-refractivity contribution is 7.47. The van der Waals surface area contributed by atoms with Gasteiger partial charge >= 0.3 is 0 Å². The van der Waals surface area contributed by atoms with Crippen LogP contribution in [0.1, 0.15) is 34.6 Å². The Labute approximate surface area is 74.3 Å². The largest absolute Gasteiger partial charge is 0.258 e. The Bertz CT molecular complexity index is 113. The molecule has 62 valence electrons. The van der Waals surface area contributed by atoms with E-state index in [0.29, 0.717) is 5.54 Å². The first-order valence-electron chi connectivity index (χ1n) is 3.57. The molecule has 0 saturated carbocycles. The lowest BCUT2D eigenvalue weighted by atomic mass is 10.2. The minimum atomic E-state index is -2.04. The maximum atomic E-state index is 6.25. The number of rotatable bonds is 1. The number of hydrogen-bond acceptors (Lipinski definition) is 0. The van der Waals surface area contributed by atoms with Gasteiger partial charge < -0.3 is 0 Å². The average Bonchev–Trinajstić information content (AvgIpc) is 1.62. The lowest BCUT2D eigenvalue weighted by Gasteiger charge is -2.34. The summed E-state index contributed by atoms with van der Waals surface area (Å²) in [6.45, 7) is 8.48. The summed E-state index contributed by atoms with van der Waals surface area (Å²) >= 11 is 12.5. The van der Waals surface area contributed by atoms with E-state index in [9.17, 15) is 0 Å². The van der Waals surface area contributed by atoms with Crippen LogP contribution in [0.25, 0.3) is 0 Å². The highest BCUT2D eigenvalue weighted by Crippen LogP contribution is 2.48. The maximum absolute atomic E-state index is 6.25. The molecule has 0 radical (unpaired) electrons. The Hall–Kier alpha value is 0.797. The van der Waals surface area contributed by atoms with Crippen molar-refractivity contribution in [2.24, 2.45) is 0 Å². The number of halogens is 2. The van der Waals surface area contributed by atoms with Crippen molar-refractivity contribution in [2.75, 3.05) is 0 Å². The van der Waals surface area contributed by atoms with Crippen molar-refractivity contribution in [1.29, 1.82) is 0 Å². The van der Waals surface area contributed by atoms with E-state index in [0.717, 1.165) is 0 Å². The van der Waals surface area contributed by atoms with Gasteiger partial charge in [0.05, 0.1) is 0 Å². The van der Waals surface area contributed by atoms with Gasteiger partial charge in [-0.05, 0) is 10.6 Å². The topological polar surface area (TPSA) is 0 Å². The average molecular weight is 199 g/mol. The van der Waals surface area contributed by atoms with Crippen LogP contribution in [-0.2, 0) is 0 Å². The van der Waals surface area contributed by atoms with E-state index >= 15 is 0 Å². The molecule has 0 aliphatic heterocycles. The molecule has 0 N–H and O–H groups in total. The monoisotopic (exact) mass is 198 g/mol. The second kappa shape index (κ2) is 3.04. The molecule has 0 spiro atoms. The summed E-state index contributed by atoms with van der Waals surface area (Å²) in [5.74, 6) is 0. The molecule has 0 aliphatic carbocycles. The lowest BCUT2D eigenvalue weighted by molar-refractivity contribution is 0.722. The molecule has 0 bridgehead atoms. The first-order valence-corrected chi connectivity index (χ1v) is 7.67. The Morgan fingerprint density at radius 2 is 1.40 bits per heavy atom. The fraction of sp³-hybridized carbons (Fsp3) is 1.00. The molecule has 0 aromatic heterocycles. The van der Waals surface area contributed by atoms with Crippen LogP contribution in [0, 0.1) is 0 Å². The lowest BCUT2D eigenvalue weighted by Crippen LogP contribution is -2.34. The molecule has 0 aliphatic rings. The van der Waals surface area contributed by atoms with Gasteiger partial charge in [-0.15, -0.1) is 22.2 Å². The Balaban J connectivity index is 4.40. The standard InChI is InChI=1S/C7H16Cl2Si/c1-6(2)10(8,9)7(3,4)5/h6H,1-5H3. The van der Waals surface area contributed by atoms with Gasteiger partial charge in [0.25, 0.3) is 6.69 Å². The fourth-order valence-electron chi connectivity index (χ4n) is 0.866. The van der Waals surface area contributed by atoms with Gasteiger partial charge in [0.1, 0.15) is 0 Å². The van der Waals surface area contributed by atoms with Crippen LogP contribution in [0.5, 0.6) is 0 Å². The summed E-state index contributed by atoms with van der Waals surface area (Å²) in [6.07, 6.45) is 0. The first-order chi connectivity index (χ1) is 4.19. The molecule has 0 unspecified atom stereocenters. The van der Waals surface area contributed by atoms with Crippen molar-refractivity contribution >= 4 is 28.9 Å². The predicted molar refractivity (Wildman–Crippen MR) is 52.3 cm³/mol. The van der Waals surface area contributed by atoms with Gasteiger partial charge in [0, 0.05) is 0 Å². The Kier molecular flexibility index (Phi) is 3.28. The Morgan fingerprint density at radius 1 is 1.10 bits per heavy atom. The van der Waals surface area contributed by atoms with Crippen molar-refractivity contribution in [3.05, 3.63) is 0 Å². The molecular formula is C7H16Cl2Si. The SMILES string of the molecule is CC(C)[Si](Cl)(Cl)C(C)(C)C. The van der Waals surface area contributed by atoms with Crippen LogP contribution in [0.4, 0.5) is 0 Å². The molecule has 3 heteroatoms. The predicted octanol–water partition coefficient (Wildman–Crippen LogP) is 4.12. The minimum absolute atomic E-state index is 0.0876. The normalized spacial score (nSPS) is 14.4. The summed E-state index contributed by atoms with van der Waals surface area (Å²) in [6, 6.07) is 0. The molecule has 0 atom stereocenters. The molecule has 0 aromatic rings. The van der Waals surface area contributed by atoms with Gasteiger partial charge in [-0.2, -0.15) is 0 Å². The van der Waals surface area contributed by atoms with Crippen LogP contribution >= 0.6 is 22.2 Å². The van der Waals surface area contributed by atoms with Gasteiger partial charge in [-0.3, -0.25) is 0 Å². The third kappa shape index (κ3) is 2.14. The van der Waals surface area contributed by atoms with Gasteiger partial charge in [-0.1, -0.05) is 34.6 Å². The van der Waals surface area contributed by atoms with E-state index in [2.05, 4.69) is 34.6 Å². The van der Waals surface area contributed by atoms with Crippen molar-refractivity contribution in [2.45, 2.75) is 45.2 Å². The minimum Gasteiger partial charge on any atom is -0.145 e. The summed E-state index contributed by atoms with van der Waals surface area (Å²) in [7, 11) is 0. The zero-order chi connectivity index (χ0) is 8.58. The van der Waals surface area contributed by atoms with E-state index in [1.165, 1.54) is 0 Å². The fourth-order valence-corrected chi connectivity index (χ4v) is 2.60. The van der Waals surface area contributed by atoms with E-state index in [1.807, 2.05) is 0 Å². The summed E-state index contributed by atoms with van der Waals surface area (Å²) in [5, 5.41) is 0.0876. The molecule has 0 aromatic carbocycles. The van der Waals surface area contributed by atoms with E-state index in [1.54, 1.807) is 0 Å². The van der Waals surface area contributed by atoms with Gasteiger partial charge in [0.2, 0.25) is 0 Å². The van der Waals surface area contributed by atoms with Crippen molar-refractivity contribution < 1.29 is 0 Å². The van der Waals surface area contributed by atoms with E-state index in [-0.39, 0.29) is 5.04 Å². The highest BCUT2D eigenvalue weighted by atomic mass is 35.7. The van der Waals surface area contributed by atoms with E-state index in [4.69, 9.17) is 22.2 Å². The molecule has 0 saturated heterocycles. The zero-order valence-corrected chi connectivity index (χ0v) is 9.85. The van der Waals surface area contributed by atoms with Crippen molar-refractivity contribution in [1.82, 2.24) is 0 Å². The number of hydrogen-bond donors (Lipinski definition) is 0. The second-order valence-electron chi connectivity index (χ2n) is 4.03. The van der Waals surface area contributed by atoms with Gasteiger partial charge in [0.15, 0.2) is 0 Å². The Morgan fingerprint density at radius 3 is 1.40 bits per heavy atom. The molecule has 0 fully saturated rings. The summed E-state index contributed by atoms with van der Waals surface area (Å²) in [4.78, 5) is 0. The first kappa shape index (κ1) is 10.8. The molecule has 0 nitrogen and oxygen atoms in total. The van der Waals surface area contributed by atoms with Crippen LogP contribution in [0.15, 0.2) is 0 Å². The van der Waals surface area contributed by atoms with Gasteiger partial charge in [-0.25, -0.2) is 0 Å². The highest BCUT2D eigenvalue weighted by Gasteiger charge is 2.44. The second-order valence-corrected chi connectivity index (χ2v) is 12.1. The van der Waals surface area contributed by atoms with Crippen LogP contribution < -0.4 is 0 Å². The van der Waals surface area contributed by atoms with Crippen LogP contribution in [-0.4, -0.2) is 6.69 Å². The zero-order valence-electron chi connectivity index (χ0n) is 7.33. The third-order valence-electron chi connectivity index (χ3n) is 1.73. The molecule has 0 rings (SSSR count). The van der Waals surface area contributed by atoms with E-state index < -0.39 is 6.69 Å². The van der Waals surface area contributed by atoms with Crippen LogP contribution in [0.2, 0.25) is 10.6 Å². The molecular weight excluding hydrogens is 183 g/mol. The smallest absolute Gasteiger partial charge is 0.145 e. The molecule has 0 amide bonds. The summed E-state index contributed by atoms with van der Waals surface area (Å²) < 4.78 is 0. The third-order valence-corrected chi connectivity index (χ3v) is 11.2. The molecule has 10 heavy (non-hydrogen) atoms. The summed E-state index contributed by atoms with van der Waals surface area (Å²) in [5.41, 5.74) is 0.427. The van der Waals surface area contributed by atoms with Crippen LogP contribution in [0.3, 0.4) is 0 Å². The quantitative estimate of drug-likeness (QED) is 0.440. The maximum Gasteiger partial charge on any atom is 0.258 e.